The van der Waals surface area contributed by atoms with Crippen molar-refractivity contribution in [2.24, 2.45) is 0 Å². The minimum Gasteiger partial charge on any atom is -0.372 e. The maximum absolute atomic E-state index is 13.9. The molecule has 0 radical (unpaired) electrons. The summed E-state index contributed by atoms with van der Waals surface area (Å²) in [4.78, 5) is 23.6. The van der Waals surface area contributed by atoms with Crippen LogP contribution in [0, 0.1) is 5.82 Å². The number of fused-ring (bicyclic) bond motifs is 1. The maximum atomic E-state index is 13.9. The summed E-state index contributed by atoms with van der Waals surface area (Å²) in [5, 5.41) is 0.460. The fourth-order valence-electron chi connectivity index (χ4n) is 2.16. The Labute approximate surface area is 123 Å². The third-order valence-electron chi connectivity index (χ3n) is 3.19. The fourth-order valence-corrected chi connectivity index (χ4v) is 2.38. The predicted molar refractivity (Wildman–Crippen MR) is 77.3 cm³/mol. The van der Waals surface area contributed by atoms with Crippen LogP contribution in [0.3, 0.4) is 0 Å². The fraction of sp³-hybridized carbons (Fsp3) is 0.0667. The van der Waals surface area contributed by atoms with E-state index in [-0.39, 0.29) is 22.5 Å². The van der Waals surface area contributed by atoms with Crippen LogP contribution in [0.25, 0.3) is 10.9 Å². The SMILES string of the molecule is O=c1oc(=O)n(Cc2c(F)cccc2Cl)c2ccccc12. The predicted octanol–water partition coefficient (Wildman–Crippen LogP) is 2.80. The van der Waals surface area contributed by atoms with Gasteiger partial charge in [0.15, 0.2) is 0 Å². The van der Waals surface area contributed by atoms with Gasteiger partial charge in [0.2, 0.25) is 0 Å². The molecule has 3 rings (SSSR count). The molecule has 0 amide bonds. The first-order valence-corrected chi connectivity index (χ1v) is 6.51. The summed E-state index contributed by atoms with van der Waals surface area (Å²) in [6.07, 6.45) is 0. The highest BCUT2D eigenvalue weighted by Gasteiger charge is 2.13. The molecule has 0 unspecified atom stereocenters. The molecule has 2 aromatic carbocycles. The van der Waals surface area contributed by atoms with Crippen molar-refractivity contribution in [1.82, 2.24) is 4.57 Å². The van der Waals surface area contributed by atoms with Crippen LogP contribution in [0.4, 0.5) is 4.39 Å². The van der Waals surface area contributed by atoms with Gasteiger partial charge in [-0.25, -0.2) is 14.0 Å². The zero-order valence-electron chi connectivity index (χ0n) is 10.7. The molecule has 4 nitrogen and oxygen atoms in total. The quantitative estimate of drug-likeness (QED) is 0.731. The minimum atomic E-state index is -0.849. The highest BCUT2D eigenvalue weighted by Crippen LogP contribution is 2.20. The van der Waals surface area contributed by atoms with Gasteiger partial charge in [-0.15, -0.1) is 0 Å². The molecule has 0 bridgehead atoms. The average Bonchev–Trinajstić information content (AvgIpc) is 2.46. The summed E-state index contributed by atoms with van der Waals surface area (Å²) in [6, 6.07) is 10.8. The normalized spacial score (nSPS) is 11.0. The van der Waals surface area contributed by atoms with Crippen molar-refractivity contribution >= 4 is 22.5 Å². The molecule has 0 atom stereocenters. The van der Waals surface area contributed by atoms with Crippen LogP contribution in [0.15, 0.2) is 56.5 Å². The number of nitrogens with zero attached hydrogens (tertiary/aromatic N) is 1. The third kappa shape index (κ3) is 2.36. The molecule has 3 aromatic rings. The van der Waals surface area contributed by atoms with Gasteiger partial charge in [-0.2, -0.15) is 0 Å². The van der Waals surface area contributed by atoms with E-state index in [2.05, 4.69) is 4.42 Å². The Bertz CT molecular complexity index is 925. The Morgan fingerprint density at radius 2 is 1.86 bits per heavy atom. The number of aromatic nitrogens is 1. The second-order valence-electron chi connectivity index (χ2n) is 4.46. The van der Waals surface area contributed by atoms with E-state index in [0.717, 1.165) is 0 Å². The smallest absolute Gasteiger partial charge is 0.372 e. The molecule has 1 heterocycles. The first-order valence-electron chi connectivity index (χ1n) is 6.13. The second-order valence-corrected chi connectivity index (χ2v) is 4.87. The molecular formula is C15H9ClFNO3. The zero-order valence-corrected chi connectivity index (χ0v) is 11.4. The van der Waals surface area contributed by atoms with Gasteiger partial charge in [-0.05, 0) is 24.3 Å². The molecule has 0 saturated heterocycles. The monoisotopic (exact) mass is 305 g/mol. The number of benzene rings is 2. The summed E-state index contributed by atoms with van der Waals surface area (Å²) in [6.45, 7) is -0.116. The minimum absolute atomic E-state index is 0.116. The van der Waals surface area contributed by atoms with Gasteiger partial charge in [-0.1, -0.05) is 29.8 Å². The average molecular weight is 306 g/mol. The van der Waals surface area contributed by atoms with E-state index in [0.29, 0.717) is 5.52 Å². The van der Waals surface area contributed by atoms with Gasteiger partial charge in [0.05, 0.1) is 17.4 Å². The lowest BCUT2D eigenvalue weighted by Gasteiger charge is -2.10. The Hall–Kier alpha value is -2.40. The molecule has 0 aliphatic rings. The van der Waals surface area contributed by atoms with E-state index in [4.69, 9.17) is 11.6 Å². The molecule has 0 aliphatic carbocycles. The number of halogens is 2. The van der Waals surface area contributed by atoms with Crippen LogP contribution in [0.1, 0.15) is 5.56 Å². The van der Waals surface area contributed by atoms with Gasteiger partial charge < -0.3 is 4.42 Å². The Morgan fingerprint density at radius 1 is 1.10 bits per heavy atom. The molecule has 1 aromatic heterocycles. The van der Waals surface area contributed by atoms with Crippen molar-refractivity contribution in [3.05, 3.63) is 79.8 Å². The van der Waals surface area contributed by atoms with Crippen molar-refractivity contribution in [2.45, 2.75) is 6.54 Å². The molecule has 0 aliphatic heterocycles. The van der Waals surface area contributed by atoms with E-state index >= 15 is 0 Å². The molecule has 0 N–H and O–H groups in total. The van der Waals surface area contributed by atoms with Crippen molar-refractivity contribution in [3.8, 4) is 0 Å². The van der Waals surface area contributed by atoms with Gasteiger partial charge in [0, 0.05) is 10.6 Å². The van der Waals surface area contributed by atoms with Crippen LogP contribution in [-0.4, -0.2) is 4.57 Å². The lowest BCUT2D eigenvalue weighted by molar-refractivity contribution is 0.423. The number of hydrogen-bond donors (Lipinski definition) is 0. The Morgan fingerprint density at radius 3 is 2.62 bits per heavy atom. The van der Waals surface area contributed by atoms with Crippen molar-refractivity contribution in [3.63, 3.8) is 0 Å². The highest BCUT2D eigenvalue weighted by atomic mass is 35.5. The topological polar surface area (TPSA) is 52.2 Å². The molecular weight excluding hydrogens is 297 g/mol. The van der Waals surface area contributed by atoms with Gasteiger partial charge in [-0.3, -0.25) is 4.57 Å². The van der Waals surface area contributed by atoms with E-state index < -0.39 is 17.2 Å². The first-order chi connectivity index (χ1) is 10.1. The molecule has 0 fully saturated rings. The van der Waals surface area contributed by atoms with Crippen LogP contribution < -0.4 is 11.4 Å². The van der Waals surface area contributed by atoms with Gasteiger partial charge in [0.25, 0.3) is 0 Å². The van der Waals surface area contributed by atoms with E-state index in [1.54, 1.807) is 24.3 Å². The van der Waals surface area contributed by atoms with Crippen LogP contribution in [0.2, 0.25) is 5.02 Å². The first kappa shape index (κ1) is 13.6. The standard InChI is InChI=1S/C15H9ClFNO3/c16-11-5-3-6-12(17)10(11)8-18-13-7-2-1-4-9(13)14(19)21-15(18)20/h1-7H,8H2. The summed E-state index contributed by atoms with van der Waals surface area (Å²) >= 11 is 5.97. The maximum Gasteiger partial charge on any atom is 0.422 e. The van der Waals surface area contributed by atoms with E-state index in [1.807, 2.05) is 0 Å². The summed E-state index contributed by atoms with van der Waals surface area (Å²) in [5.74, 6) is -1.37. The summed E-state index contributed by atoms with van der Waals surface area (Å²) in [7, 11) is 0. The third-order valence-corrected chi connectivity index (χ3v) is 3.55. The zero-order chi connectivity index (χ0) is 15.0. The summed E-state index contributed by atoms with van der Waals surface area (Å²) < 4.78 is 19.7. The highest BCUT2D eigenvalue weighted by molar-refractivity contribution is 6.31. The lowest BCUT2D eigenvalue weighted by Crippen LogP contribution is -2.25. The van der Waals surface area contributed by atoms with Crippen LogP contribution in [-0.2, 0) is 6.54 Å². The number of rotatable bonds is 2. The molecule has 21 heavy (non-hydrogen) atoms. The molecule has 0 spiro atoms. The largest absolute Gasteiger partial charge is 0.422 e. The van der Waals surface area contributed by atoms with E-state index in [9.17, 15) is 14.0 Å². The molecule has 6 heteroatoms. The van der Waals surface area contributed by atoms with Gasteiger partial charge >= 0.3 is 11.4 Å². The van der Waals surface area contributed by atoms with Crippen LogP contribution >= 0.6 is 11.6 Å². The van der Waals surface area contributed by atoms with Crippen LogP contribution in [0.5, 0.6) is 0 Å². The Balaban J connectivity index is 2.27. The Kier molecular flexibility index (Phi) is 3.35. The molecule has 106 valence electrons. The second kappa shape index (κ2) is 5.18. The van der Waals surface area contributed by atoms with Crippen molar-refractivity contribution < 1.29 is 8.81 Å². The van der Waals surface area contributed by atoms with Crippen molar-refractivity contribution in [2.75, 3.05) is 0 Å². The summed E-state index contributed by atoms with van der Waals surface area (Å²) in [5.41, 5.74) is -0.176. The number of hydrogen-bond acceptors (Lipinski definition) is 3. The lowest BCUT2D eigenvalue weighted by atomic mass is 10.2. The van der Waals surface area contributed by atoms with Gasteiger partial charge in [0.1, 0.15) is 5.82 Å². The molecule has 0 saturated carbocycles. The van der Waals surface area contributed by atoms with E-state index in [1.165, 1.54) is 22.8 Å². The number of para-hydroxylation sites is 1. The van der Waals surface area contributed by atoms with Crippen molar-refractivity contribution in [1.29, 1.82) is 0 Å².